The van der Waals surface area contributed by atoms with Crippen LogP contribution in [0.2, 0.25) is 5.02 Å². The molecule has 0 aliphatic rings. The molecule has 0 bridgehead atoms. The molecule has 1 rings (SSSR count). The first-order valence-corrected chi connectivity index (χ1v) is 5.50. The van der Waals surface area contributed by atoms with Crippen LogP contribution in [0.25, 0.3) is 0 Å². The fraction of sp³-hybridized carbons (Fsp3) is 0.111. The summed E-state index contributed by atoms with van der Waals surface area (Å²) in [6.07, 6.45) is 0. The third-order valence-electron chi connectivity index (χ3n) is 1.86. The molecule has 1 aromatic carbocycles. The van der Waals surface area contributed by atoms with Gasteiger partial charge in [-0.25, -0.2) is 0 Å². The van der Waals surface area contributed by atoms with Gasteiger partial charge in [0.05, 0.1) is 5.02 Å². The Hall–Kier alpha value is -1.27. The summed E-state index contributed by atoms with van der Waals surface area (Å²) < 4.78 is 0.773. The molecule has 0 fully saturated rings. The van der Waals surface area contributed by atoms with E-state index in [0.29, 0.717) is 5.02 Å². The van der Waals surface area contributed by atoms with Crippen molar-refractivity contribution in [1.29, 1.82) is 10.8 Å². The first kappa shape index (κ1) is 12.8. The van der Waals surface area contributed by atoms with Crippen LogP contribution >= 0.6 is 27.5 Å². The van der Waals surface area contributed by atoms with Crippen molar-refractivity contribution in [2.24, 2.45) is 5.73 Å². The van der Waals surface area contributed by atoms with Gasteiger partial charge in [0.25, 0.3) is 0 Å². The zero-order valence-electron chi connectivity index (χ0n) is 8.49. The Labute approximate surface area is 107 Å². The normalized spacial score (nSPS) is 9.69. The number of benzene rings is 1. The number of nitrogens with one attached hydrogen (secondary N) is 4. The van der Waals surface area contributed by atoms with Crippen LogP contribution in [0.1, 0.15) is 5.56 Å². The van der Waals surface area contributed by atoms with E-state index in [2.05, 4.69) is 26.6 Å². The molecule has 0 aromatic heterocycles. The van der Waals surface area contributed by atoms with Gasteiger partial charge in [-0.2, -0.15) is 0 Å². The quantitative estimate of drug-likeness (QED) is 0.406. The Morgan fingerprint density at radius 2 is 2.06 bits per heavy atom. The Kier molecular flexibility index (Phi) is 4.14. The highest BCUT2D eigenvalue weighted by atomic mass is 79.9. The van der Waals surface area contributed by atoms with Gasteiger partial charge in [-0.1, -0.05) is 11.6 Å². The topological polar surface area (TPSA) is 97.8 Å². The molecule has 0 atom stereocenters. The first-order chi connectivity index (χ1) is 7.41. The van der Waals surface area contributed by atoms with Gasteiger partial charge in [-0.05, 0) is 40.5 Å². The summed E-state index contributed by atoms with van der Waals surface area (Å²) in [6, 6.07) is 3.46. The fourth-order valence-electron chi connectivity index (χ4n) is 1.09. The van der Waals surface area contributed by atoms with Crippen molar-refractivity contribution in [2.75, 3.05) is 5.32 Å². The fourth-order valence-corrected chi connectivity index (χ4v) is 1.64. The zero-order chi connectivity index (χ0) is 12.3. The van der Waals surface area contributed by atoms with Crippen molar-refractivity contribution in [3.05, 3.63) is 27.2 Å². The van der Waals surface area contributed by atoms with Crippen LogP contribution in [-0.2, 0) is 0 Å². The zero-order valence-corrected chi connectivity index (χ0v) is 10.8. The summed E-state index contributed by atoms with van der Waals surface area (Å²) in [4.78, 5) is 0. The maximum absolute atomic E-state index is 7.49. The van der Waals surface area contributed by atoms with Crippen molar-refractivity contribution in [3.63, 3.8) is 0 Å². The van der Waals surface area contributed by atoms with Crippen LogP contribution in [0.5, 0.6) is 0 Å². The van der Waals surface area contributed by atoms with Crippen LogP contribution in [0, 0.1) is 17.7 Å². The number of nitrogens with two attached hydrogens (primary N) is 1. The summed E-state index contributed by atoms with van der Waals surface area (Å²) >= 11 is 9.25. The molecule has 0 radical (unpaired) electrons. The third-order valence-corrected chi connectivity index (χ3v) is 3.42. The molecule has 0 aliphatic heterocycles. The minimum atomic E-state index is -0.289. The van der Waals surface area contributed by atoms with Crippen molar-refractivity contribution >= 4 is 45.1 Å². The number of anilines is 1. The smallest absolute Gasteiger partial charge is 0.199 e. The predicted molar refractivity (Wildman–Crippen MR) is 70.3 cm³/mol. The lowest BCUT2D eigenvalue weighted by atomic mass is 10.2. The molecule has 1 aromatic rings. The summed E-state index contributed by atoms with van der Waals surface area (Å²) in [5.41, 5.74) is 6.70. The lowest BCUT2D eigenvalue weighted by Gasteiger charge is -2.12. The van der Waals surface area contributed by atoms with E-state index < -0.39 is 0 Å². The molecular formula is C9H11BrClN5. The summed E-state index contributed by atoms with van der Waals surface area (Å²) in [5, 5.41) is 20.2. The molecule has 0 saturated carbocycles. The lowest BCUT2D eigenvalue weighted by molar-refractivity contribution is 1.20. The van der Waals surface area contributed by atoms with Crippen molar-refractivity contribution in [1.82, 2.24) is 5.32 Å². The largest absolute Gasteiger partial charge is 0.370 e. The molecule has 7 heteroatoms. The Morgan fingerprint density at radius 3 is 2.62 bits per heavy atom. The van der Waals surface area contributed by atoms with E-state index in [4.69, 9.17) is 28.2 Å². The van der Waals surface area contributed by atoms with E-state index in [-0.39, 0.29) is 11.9 Å². The summed E-state index contributed by atoms with van der Waals surface area (Å²) in [5.74, 6) is -0.354. The average Bonchev–Trinajstić information content (AvgIpc) is 2.18. The van der Waals surface area contributed by atoms with E-state index in [1.807, 2.05) is 6.92 Å². The molecule has 0 saturated heterocycles. The molecule has 16 heavy (non-hydrogen) atoms. The first-order valence-electron chi connectivity index (χ1n) is 4.33. The monoisotopic (exact) mass is 303 g/mol. The van der Waals surface area contributed by atoms with E-state index >= 15 is 0 Å². The molecule has 0 aliphatic carbocycles. The van der Waals surface area contributed by atoms with Crippen LogP contribution < -0.4 is 16.4 Å². The molecular weight excluding hydrogens is 293 g/mol. The summed E-state index contributed by atoms with van der Waals surface area (Å²) in [6.45, 7) is 1.86. The van der Waals surface area contributed by atoms with Gasteiger partial charge in [0.1, 0.15) is 0 Å². The molecule has 0 amide bonds. The van der Waals surface area contributed by atoms with Crippen LogP contribution in [-0.4, -0.2) is 11.9 Å². The van der Waals surface area contributed by atoms with Crippen LogP contribution in [0.15, 0.2) is 16.6 Å². The van der Waals surface area contributed by atoms with Gasteiger partial charge >= 0.3 is 0 Å². The second kappa shape index (κ2) is 5.18. The van der Waals surface area contributed by atoms with Gasteiger partial charge in [-0.15, -0.1) is 0 Å². The number of rotatable bonds is 1. The predicted octanol–water partition coefficient (Wildman–Crippen LogP) is 2.24. The van der Waals surface area contributed by atoms with E-state index in [1.54, 1.807) is 12.1 Å². The second-order valence-corrected chi connectivity index (χ2v) is 4.27. The van der Waals surface area contributed by atoms with E-state index in [9.17, 15) is 0 Å². The van der Waals surface area contributed by atoms with E-state index in [1.165, 1.54) is 0 Å². The maximum Gasteiger partial charge on any atom is 0.199 e. The van der Waals surface area contributed by atoms with Crippen LogP contribution in [0.4, 0.5) is 5.69 Å². The molecule has 6 N–H and O–H groups in total. The Bertz CT molecular complexity index is 446. The summed E-state index contributed by atoms with van der Waals surface area (Å²) in [7, 11) is 0. The van der Waals surface area contributed by atoms with E-state index in [0.717, 1.165) is 15.7 Å². The van der Waals surface area contributed by atoms with Gasteiger partial charge in [0.2, 0.25) is 0 Å². The van der Waals surface area contributed by atoms with Gasteiger partial charge in [0, 0.05) is 10.2 Å². The van der Waals surface area contributed by atoms with Crippen molar-refractivity contribution < 1.29 is 0 Å². The minimum Gasteiger partial charge on any atom is -0.370 e. The highest BCUT2D eigenvalue weighted by molar-refractivity contribution is 9.10. The minimum absolute atomic E-state index is 0.0650. The van der Waals surface area contributed by atoms with Crippen molar-refractivity contribution in [2.45, 2.75) is 6.92 Å². The maximum atomic E-state index is 7.49. The van der Waals surface area contributed by atoms with Crippen molar-refractivity contribution in [3.8, 4) is 0 Å². The number of guanidine groups is 2. The molecule has 86 valence electrons. The van der Waals surface area contributed by atoms with Gasteiger partial charge in [-0.3, -0.25) is 16.1 Å². The number of halogens is 2. The lowest BCUT2D eigenvalue weighted by Crippen LogP contribution is -2.39. The van der Waals surface area contributed by atoms with Gasteiger partial charge in [0.15, 0.2) is 11.9 Å². The third kappa shape index (κ3) is 3.11. The standard InChI is InChI=1S/C9H11BrClN5/c1-4-6(3-2-5(11)7(4)10)15-9(14)16-8(12)13/h2-3H,1H3,(H6,12,13,14,15,16). The second-order valence-electron chi connectivity index (χ2n) is 3.07. The Morgan fingerprint density at radius 1 is 1.44 bits per heavy atom. The SMILES string of the molecule is Cc1c(NC(=N)NC(=N)N)ccc(Cl)c1Br. The molecule has 0 unspecified atom stereocenters. The highest BCUT2D eigenvalue weighted by Gasteiger charge is 2.07. The molecule has 0 heterocycles. The van der Waals surface area contributed by atoms with Crippen LogP contribution in [0.3, 0.4) is 0 Å². The average molecular weight is 305 g/mol. The highest BCUT2D eigenvalue weighted by Crippen LogP contribution is 2.30. The van der Waals surface area contributed by atoms with Gasteiger partial charge < -0.3 is 11.1 Å². The Balaban J connectivity index is 2.86. The number of hydrogen-bond donors (Lipinski definition) is 5. The number of hydrogen-bond acceptors (Lipinski definition) is 2. The molecule has 0 spiro atoms. The molecule has 5 nitrogen and oxygen atoms in total.